The fourth-order valence-electron chi connectivity index (χ4n) is 1.90. The molecule has 0 aliphatic carbocycles. The Bertz CT molecular complexity index is 659. The summed E-state index contributed by atoms with van der Waals surface area (Å²) in [5.41, 5.74) is 2.15. The van der Waals surface area contributed by atoms with Crippen LogP contribution < -0.4 is 0 Å². The van der Waals surface area contributed by atoms with E-state index in [2.05, 4.69) is 5.10 Å². The molecule has 0 amide bonds. The second-order valence-electron chi connectivity index (χ2n) is 4.16. The van der Waals surface area contributed by atoms with E-state index in [1.165, 1.54) is 24.3 Å². The molecular weight excluding hydrogens is 246 g/mol. The molecule has 94 valence electrons. The first-order valence-electron chi connectivity index (χ1n) is 5.79. The van der Waals surface area contributed by atoms with Gasteiger partial charge in [-0.25, -0.2) is 13.5 Å². The van der Waals surface area contributed by atoms with E-state index in [1.807, 2.05) is 0 Å². The standard InChI is InChI=1S/C15H10F2N2/c16-13-4-1-3-11(7-13)12-9-18-19(10-12)15-6-2-5-14(17)8-15/h1-10H. The van der Waals surface area contributed by atoms with Crippen LogP contribution in [0.15, 0.2) is 60.9 Å². The molecule has 0 spiro atoms. The van der Waals surface area contributed by atoms with Crippen molar-refractivity contribution in [1.29, 1.82) is 0 Å². The molecule has 0 aliphatic rings. The van der Waals surface area contributed by atoms with Crippen LogP contribution in [0.3, 0.4) is 0 Å². The average Bonchev–Trinajstić information content (AvgIpc) is 2.88. The van der Waals surface area contributed by atoms with Crippen molar-refractivity contribution in [2.45, 2.75) is 0 Å². The lowest BCUT2D eigenvalue weighted by Crippen LogP contribution is -1.94. The lowest BCUT2D eigenvalue weighted by atomic mass is 10.1. The molecule has 0 bridgehead atoms. The minimum atomic E-state index is -0.319. The van der Waals surface area contributed by atoms with Gasteiger partial charge in [-0.15, -0.1) is 0 Å². The van der Waals surface area contributed by atoms with Gasteiger partial charge in [0.15, 0.2) is 0 Å². The number of hydrogen-bond acceptors (Lipinski definition) is 1. The topological polar surface area (TPSA) is 17.8 Å². The van der Waals surface area contributed by atoms with Crippen molar-refractivity contribution in [2.75, 3.05) is 0 Å². The molecule has 2 nitrogen and oxygen atoms in total. The van der Waals surface area contributed by atoms with Crippen LogP contribution in [0.2, 0.25) is 0 Å². The summed E-state index contributed by atoms with van der Waals surface area (Å²) in [6, 6.07) is 12.4. The monoisotopic (exact) mass is 256 g/mol. The van der Waals surface area contributed by atoms with Gasteiger partial charge in [0.05, 0.1) is 11.9 Å². The first-order valence-corrected chi connectivity index (χ1v) is 5.79. The molecule has 0 unspecified atom stereocenters. The summed E-state index contributed by atoms with van der Waals surface area (Å²) in [6.45, 7) is 0. The Balaban J connectivity index is 2.00. The Morgan fingerprint density at radius 1 is 0.842 bits per heavy atom. The molecule has 0 radical (unpaired) electrons. The summed E-state index contributed by atoms with van der Waals surface area (Å²) in [6.07, 6.45) is 3.36. The van der Waals surface area contributed by atoms with E-state index in [0.717, 1.165) is 11.1 Å². The molecule has 3 aromatic rings. The molecule has 4 heteroatoms. The summed E-state index contributed by atoms with van der Waals surface area (Å²) >= 11 is 0. The van der Waals surface area contributed by atoms with Gasteiger partial charge in [-0.05, 0) is 35.9 Å². The molecule has 0 atom stereocenters. The maximum absolute atomic E-state index is 13.2. The van der Waals surface area contributed by atoms with Crippen molar-refractivity contribution in [1.82, 2.24) is 9.78 Å². The number of rotatable bonds is 2. The Morgan fingerprint density at radius 2 is 1.58 bits per heavy atom. The van der Waals surface area contributed by atoms with Crippen LogP contribution in [0.1, 0.15) is 0 Å². The van der Waals surface area contributed by atoms with E-state index in [4.69, 9.17) is 0 Å². The number of nitrogens with zero attached hydrogens (tertiary/aromatic N) is 2. The maximum atomic E-state index is 13.2. The fourth-order valence-corrected chi connectivity index (χ4v) is 1.90. The number of benzene rings is 2. The second-order valence-corrected chi connectivity index (χ2v) is 4.16. The molecule has 3 rings (SSSR count). The van der Waals surface area contributed by atoms with Crippen LogP contribution in [-0.4, -0.2) is 9.78 Å². The molecule has 19 heavy (non-hydrogen) atoms. The Kier molecular flexibility index (Phi) is 2.83. The van der Waals surface area contributed by atoms with Gasteiger partial charge < -0.3 is 0 Å². The van der Waals surface area contributed by atoms with Crippen LogP contribution in [0.25, 0.3) is 16.8 Å². The van der Waals surface area contributed by atoms with Gasteiger partial charge in [0.1, 0.15) is 11.6 Å². The van der Waals surface area contributed by atoms with E-state index >= 15 is 0 Å². The smallest absolute Gasteiger partial charge is 0.125 e. The molecule has 1 heterocycles. The normalized spacial score (nSPS) is 10.6. The quantitative estimate of drug-likeness (QED) is 0.681. The van der Waals surface area contributed by atoms with E-state index in [0.29, 0.717) is 5.69 Å². The number of halogens is 2. The Hall–Kier alpha value is -2.49. The Labute approximate surface area is 108 Å². The third kappa shape index (κ3) is 2.38. The number of hydrogen-bond donors (Lipinski definition) is 0. The van der Waals surface area contributed by atoms with Crippen molar-refractivity contribution >= 4 is 0 Å². The van der Waals surface area contributed by atoms with E-state index < -0.39 is 0 Å². The molecule has 0 N–H and O–H groups in total. The molecule has 1 aromatic heterocycles. The van der Waals surface area contributed by atoms with Gasteiger partial charge >= 0.3 is 0 Å². The highest BCUT2D eigenvalue weighted by atomic mass is 19.1. The van der Waals surface area contributed by atoms with Crippen molar-refractivity contribution in [3.05, 3.63) is 72.6 Å². The van der Waals surface area contributed by atoms with Gasteiger partial charge in [-0.2, -0.15) is 5.10 Å². The van der Waals surface area contributed by atoms with Crippen molar-refractivity contribution < 1.29 is 8.78 Å². The Morgan fingerprint density at radius 3 is 2.32 bits per heavy atom. The van der Waals surface area contributed by atoms with Crippen LogP contribution >= 0.6 is 0 Å². The van der Waals surface area contributed by atoms with Crippen molar-refractivity contribution in [2.24, 2.45) is 0 Å². The summed E-state index contributed by atoms with van der Waals surface area (Å²) in [7, 11) is 0. The predicted molar refractivity (Wildman–Crippen MR) is 68.9 cm³/mol. The van der Waals surface area contributed by atoms with Crippen molar-refractivity contribution in [3.63, 3.8) is 0 Å². The zero-order chi connectivity index (χ0) is 13.2. The molecular formula is C15H10F2N2. The summed E-state index contributed by atoms with van der Waals surface area (Å²) < 4.78 is 27.9. The van der Waals surface area contributed by atoms with E-state index in [9.17, 15) is 8.78 Å². The lowest BCUT2D eigenvalue weighted by molar-refractivity contribution is 0.625. The highest BCUT2D eigenvalue weighted by Crippen LogP contribution is 2.21. The summed E-state index contributed by atoms with van der Waals surface area (Å²) in [5.74, 6) is -0.615. The zero-order valence-corrected chi connectivity index (χ0v) is 9.92. The van der Waals surface area contributed by atoms with Crippen LogP contribution in [0.5, 0.6) is 0 Å². The molecule has 0 aliphatic heterocycles. The minimum absolute atomic E-state index is 0.295. The van der Waals surface area contributed by atoms with Crippen LogP contribution in [0.4, 0.5) is 8.78 Å². The number of aromatic nitrogens is 2. The lowest BCUT2D eigenvalue weighted by Gasteiger charge is -2.00. The zero-order valence-electron chi connectivity index (χ0n) is 9.92. The first-order chi connectivity index (χ1) is 9.22. The molecule has 0 saturated heterocycles. The predicted octanol–water partition coefficient (Wildman–Crippen LogP) is 3.82. The van der Waals surface area contributed by atoms with E-state index in [-0.39, 0.29) is 11.6 Å². The van der Waals surface area contributed by atoms with Crippen LogP contribution in [0, 0.1) is 11.6 Å². The van der Waals surface area contributed by atoms with Crippen molar-refractivity contribution in [3.8, 4) is 16.8 Å². The SMILES string of the molecule is Fc1cccc(-c2cnn(-c3cccc(F)c3)c2)c1. The fraction of sp³-hybridized carbons (Fsp3) is 0. The van der Waals surface area contributed by atoms with Crippen LogP contribution in [-0.2, 0) is 0 Å². The van der Waals surface area contributed by atoms with E-state index in [1.54, 1.807) is 41.3 Å². The van der Waals surface area contributed by atoms with Gasteiger partial charge in [0.2, 0.25) is 0 Å². The highest BCUT2D eigenvalue weighted by Gasteiger charge is 2.04. The first kappa shape index (κ1) is 11.6. The maximum Gasteiger partial charge on any atom is 0.125 e. The van der Waals surface area contributed by atoms with Gasteiger partial charge in [-0.3, -0.25) is 0 Å². The summed E-state index contributed by atoms with van der Waals surface area (Å²) in [4.78, 5) is 0. The minimum Gasteiger partial charge on any atom is -0.240 e. The highest BCUT2D eigenvalue weighted by molar-refractivity contribution is 5.62. The molecule has 2 aromatic carbocycles. The molecule has 0 saturated carbocycles. The third-order valence-corrected chi connectivity index (χ3v) is 2.81. The average molecular weight is 256 g/mol. The van der Waals surface area contributed by atoms with Gasteiger partial charge in [0, 0.05) is 11.8 Å². The van der Waals surface area contributed by atoms with Gasteiger partial charge in [0.25, 0.3) is 0 Å². The third-order valence-electron chi connectivity index (χ3n) is 2.81. The molecule has 0 fully saturated rings. The largest absolute Gasteiger partial charge is 0.240 e. The summed E-state index contributed by atoms with van der Waals surface area (Å²) in [5, 5.41) is 4.16. The van der Waals surface area contributed by atoms with Gasteiger partial charge in [-0.1, -0.05) is 18.2 Å². The second kappa shape index (κ2) is 4.65.